The van der Waals surface area contributed by atoms with Crippen molar-refractivity contribution in [2.24, 2.45) is 0 Å². The number of carbonyl (C=O) groups is 1. The van der Waals surface area contributed by atoms with Crippen LogP contribution in [0.1, 0.15) is 31.2 Å². The predicted octanol–water partition coefficient (Wildman–Crippen LogP) is 3.24. The van der Waals surface area contributed by atoms with Gasteiger partial charge in [-0.05, 0) is 30.5 Å². The van der Waals surface area contributed by atoms with Crippen LogP contribution in [0.2, 0.25) is 5.02 Å². The fourth-order valence-corrected chi connectivity index (χ4v) is 2.39. The largest absolute Gasteiger partial charge is 0.481 e. The van der Waals surface area contributed by atoms with Gasteiger partial charge in [0, 0.05) is 10.4 Å². The molecule has 1 aromatic rings. The molecule has 1 N–H and O–H groups in total. The fourth-order valence-electron chi connectivity index (χ4n) is 2.26. The summed E-state index contributed by atoms with van der Waals surface area (Å²) in [7, 11) is 0. The monoisotopic (exact) mass is 224 g/mol. The van der Waals surface area contributed by atoms with Crippen LogP contribution >= 0.6 is 11.6 Å². The summed E-state index contributed by atoms with van der Waals surface area (Å²) in [4.78, 5) is 10.8. The highest BCUT2D eigenvalue weighted by Gasteiger charge is 2.40. The third-order valence-corrected chi connectivity index (χ3v) is 3.51. The van der Waals surface area contributed by atoms with Crippen LogP contribution in [-0.4, -0.2) is 11.1 Å². The lowest BCUT2D eigenvalue weighted by atomic mass is 9.62. The third-order valence-electron chi connectivity index (χ3n) is 3.26. The highest BCUT2D eigenvalue weighted by atomic mass is 35.5. The van der Waals surface area contributed by atoms with Crippen LogP contribution in [0.25, 0.3) is 0 Å². The van der Waals surface area contributed by atoms with Gasteiger partial charge in [0.1, 0.15) is 0 Å². The quantitative estimate of drug-likeness (QED) is 0.856. The van der Waals surface area contributed by atoms with Gasteiger partial charge in [-0.3, -0.25) is 4.79 Å². The van der Waals surface area contributed by atoms with Gasteiger partial charge in [0.2, 0.25) is 0 Å². The molecule has 0 unspecified atom stereocenters. The predicted molar refractivity (Wildman–Crippen MR) is 59.2 cm³/mol. The molecule has 2 rings (SSSR count). The number of rotatable bonds is 3. The van der Waals surface area contributed by atoms with E-state index in [1.807, 2.05) is 24.3 Å². The zero-order valence-electron chi connectivity index (χ0n) is 8.37. The van der Waals surface area contributed by atoms with E-state index in [2.05, 4.69) is 0 Å². The summed E-state index contributed by atoms with van der Waals surface area (Å²) in [5.41, 5.74) is 0.983. The minimum Gasteiger partial charge on any atom is -0.481 e. The number of benzene rings is 1. The van der Waals surface area contributed by atoms with Gasteiger partial charge in [0.15, 0.2) is 0 Å². The fraction of sp³-hybridized carbons (Fsp3) is 0.417. The summed E-state index contributed by atoms with van der Waals surface area (Å²) >= 11 is 5.81. The average molecular weight is 225 g/mol. The van der Waals surface area contributed by atoms with Crippen molar-refractivity contribution >= 4 is 17.6 Å². The Labute approximate surface area is 93.9 Å². The van der Waals surface area contributed by atoms with E-state index >= 15 is 0 Å². The van der Waals surface area contributed by atoms with Crippen LogP contribution in [0, 0.1) is 0 Å². The molecule has 15 heavy (non-hydrogen) atoms. The van der Waals surface area contributed by atoms with Crippen molar-refractivity contribution in [1.29, 1.82) is 0 Å². The highest BCUT2D eigenvalue weighted by Crippen LogP contribution is 2.46. The molecule has 3 heteroatoms. The molecule has 0 amide bonds. The molecular formula is C12H13ClO2. The van der Waals surface area contributed by atoms with Gasteiger partial charge >= 0.3 is 5.97 Å². The Bertz CT molecular complexity index is 366. The van der Waals surface area contributed by atoms with E-state index in [0.29, 0.717) is 5.02 Å². The minimum absolute atomic E-state index is 0.129. The molecule has 0 bridgehead atoms. The van der Waals surface area contributed by atoms with E-state index in [0.717, 1.165) is 24.8 Å². The molecule has 80 valence electrons. The van der Waals surface area contributed by atoms with Crippen LogP contribution in [0.15, 0.2) is 24.3 Å². The molecule has 0 aromatic heterocycles. The lowest BCUT2D eigenvalue weighted by Crippen LogP contribution is -2.36. The molecule has 1 fully saturated rings. The first-order chi connectivity index (χ1) is 7.12. The smallest absolute Gasteiger partial charge is 0.304 e. The summed E-state index contributed by atoms with van der Waals surface area (Å²) in [6.45, 7) is 0. The second-order valence-electron chi connectivity index (χ2n) is 4.21. The summed E-state index contributed by atoms with van der Waals surface area (Å²) in [5, 5.41) is 9.60. The van der Waals surface area contributed by atoms with Crippen LogP contribution in [0.3, 0.4) is 0 Å². The number of carboxylic acid groups (broad SMARTS) is 1. The maximum absolute atomic E-state index is 10.8. The Morgan fingerprint density at radius 1 is 1.33 bits per heavy atom. The average Bonchev–Trinajstić information content (AvgIpc) is 2.13. The van der Waals surface area contributed by atoms with Crippen LogP contribution in [0.5, 0.6) is 0 Å². The lowest BCUT2D eigenvalue weighted by molar-refractivity contribution is -0.139. The number of halogens is 1. The normalized spacial score (nSPS) is 18.2. The second-order valence-corrected chi connectivity index (χ2v) is 4.65. The molecule has 0 heterocycles. The van der Waals surface area contributed by atoms with E-state index in [1.54, 1.807) is 0 Å². The molecule has 1 aliphatic carbocycles. The van der Waals surface area contributed by atoms with E-state index < -0.39 is 5.97 Å². The number of carboxylic acids is 1. The summed E-state index contributed by atoms with van der Waals surface area (Å²) < 4.78 is 0. The summed E-state index contributed by atoms with van der Waals surface area (Å²) in [6, 6.07) is 7.56. The van der Waals surface area contributed by atoms with E-state index in [9.17, 15) is 4.79 Å². The zero-order chi connectivity index (χ0) is 10.9. The highest BCUT2D eigenvalue weighted by molar-refractivity contribution is 6.30. The van der Waals surface area contributed by atoms with E-state index in [-0.39, 0.29) is 11.8 Å². The van der Waals surface area contributed by atoms with Crippen molar-refractivity contribution in [3.63, 3.8) is 0 Å². The van der Waals surface area contributed by atoms with Crippen molar-refractivity contribution in [3.8, 4) is 0 Å². The van der Waals surface area contributed by atoms with Crippen LogP contribution < -0.4 is 0 Å². The first-order valence-electron chi connectivity index (χ1n) is 5.10. The number of hydrogen-bond donors (Lipinski definition) is 1. The van der Waals surface area contributed by atoms with E-state index in [4.69, 9.17) is 16.7 Å². The molecule has 0 spiro atoms. The van der Waals surface area contributed by atoms with Crippen molar-refractivity contribution < 1.29 is 9.90 Å². The number of aliphatic carboxylic acids is 1. The Hall–Kier alpha value is -1.02. The molecule has 0 radical (unpaired) electrons. The Morgan fingerprint density at radius 3 is 2.33 bits per heavy atom. The maximum atomic E-state index is 10.8. The first-order valence-corrected chi connectivity index (χ1v) is 5.48. The first kappa shape index (κ1) is 10.5. The molecular weight excluding hydrogens is 212 g/mol. The third kappa shape index (κ3) is 2.00. The standard InChI is InChI=1S/C12H13ClO2/c13-10-4-2-9(3-5-10)12(6-1-7-12)8-11(14)15/h2-5H,1,6-8H2,(H,14,15). The van der Waals surface area contributed by atoms with Crippen molar-refractivity contribution in [2.75, 3.05) is 0 Å². The topological polar surface area (TPSA) is 37.3 Å². The Morgan fingerprint density at radius 2 is 1.93 bits per heavy atom. The maximum Gasteiger partial charge on any atom is 0.304 e. The Balaban J connectivity index is 2.26. The molecule has 1 saturated carbocycles. The van der Waals surface area contributed by atoms with Crippen molar-refractivity contribution in [1.82, 2.24) is 0 Å². The molecule has 2 nitrogen and oxygen atoms in total. The molecule has 1 aliphatic rings. The van der Waals surface area contributed by atoms with Crippen molar-refractivity contribution in [2.45, 2.75) is 31.1 Å². The van der Waals surface area contributed by atoms with Crippen molar-refractivity contribution in [3.05, 3.63) is 34.9 Å². The number of hydrogen-bond acceptors (Lipinski definition) is 1. The van der Waals surface area contributed by atoms with Gasteiger partial charge in [0.05, 0.1) is 6.42 Å². The van der Waals surface area contributed by atoms with Crippen LogP contribution in [0.4, 0.5) is 0 Å². The van der Waals surface area contributed by atoms with Gasteiger partial charge in [-0.25, -0.2) is 0 Å². The molecule has 0 saturated heterocycles. The molecule has 1 aromatic carbocycles. The molecule has 0 atom stereocenters. The van der Waals surface area contributed by atoms with Crippen LogP contribution in [-0.2, 0) is 10.2 Å². The van der Waals surface area contributed by atoms with Gasteiger partial charge < -0.3 is 5.11 Å². The molecule has 0 aliphatic heterocycles. The minimum atomic E-state index is -0.718. The van der Waals surface area contributed by atoms with Gasteiger partial charge in [-0.15, -0.1) is 0 Å². The van der Waals surface area contributed by atoms with Gasteiger partial charge in [-0.2, -0.15) is 0 Å². The Kier molecular flexibility index (Phi) is 2.70. The summed E-state index contributed by atoms with van der Waals surface area (Å²) in [6.07, 6.45) is 3.30. The van der Waals surface area contributed by atoms with Gasteiger partial charge in [0.25, 0.3) is 0 Å². The lowest BCUT2D eigenvalue weighted by Gasteiger charge is -2.41. The SMILES string of the molecule is O=C(O)CC1(c2ccc(Cl)cc2)CCC1. The van der Waals surface area contributed by atoms with E-state index in [1.165, 1.54) is 0 Å². The second kappa shape index (κ2) is 3.86. The summed E-state index contributed by atoms with van der Waals surface area (Å²) in [5.74, 6) is -0.718. The van der Waals surface area contributed by atoms with Gasteiger partial charge in [-0.1, -0.05) is 30.2 Å². The zero-order valence-corrected chi connectivity index (χ0v) is 9.13.